The van der Waals surface area contributed by atoms with Crippen LogP contribution in [0, 0.1) is 0 Å². The lowest BCUT2D eigenvalue weighted by molar-refractivity contribution is 0.0374. The fourth-order valence-electron chi connectivity index (χ4n) is 1.89. The van der Waals surface area contributed by atoms with Gasteiger partial charge in [0.25, 0.3) is 0 Å². The molecule has 1 unspecified atom stereocenters. The third kappa shape index (κ3) is 2.02. The van der Waals surface area contributed by atoms with Crippen molar-refractivity contribution in [1.29, 1.82) is 0 Å². The molecule has 1 aromatic rings. The van der Waals surface area contributed by atoms with E-state index in [1.165, 1.54) is 0 Å². The highest BCUT2D eigenvalue weighted by molar-refractivity contribution is 9.10. The number of benzene rings is 1. The van der Waals surface area contributed by atoms with Crippen LogP contribution in [-0.4, -0.2) is 18.3 Å². The maximum atomic E-state index is 10.4. The maximum Gasteiger partial charge on any atom is 0.126 e. The molecule has 0 radical (unpaired) electrons. The van der Waals surface area contributed by atoms with Crippen molar-refractivity contribution in [2.45, 2.75) is 18.4 Å². The van der Waals surface area contributed by atoms with Crippen LogP contribution >= 0.6 is 15.9 Å². The zero-order valence-electron chi connectivity index (χ0n) is 8.37. The van der Waals surface area contributed by atoms with E-state index in [0.29, 0.717) is 13.0 Å². The summed E-state index contributed by atoms with van der Waals surface area (Å²) in [6.07, 6.45) is 1.47. The summed E-state index contributed by atoms with van der Waals surface area (Å²) in [5.41, 5.74) is 5.50. The van der Waals surface area contributed by atoms with E-state index in [1.807, 2.05) is 18.2 Å². The highest BCUT2D eigenvalue weighted by Gasteiger charge is 2.32. The summed E-state index contributed by atoms with van der Waals surface area (Å²) >= 11 is 3.38. The van der Waals surface area contributed by atoms with E-state index >= 15 is 0 Å². The van der Waals surface area contributed by atoms with E-state index in [1.54, 1.807) is 0 Å². The second kappa shape index (κ2) is 4.12. The van der Waals surface area contributed by atoms with E-state index in [4.69, 9.17) is 10.5 Å². The van der Waals surface area contributed by atoms with Crippen LogP contribution in [0.5, 0.6) is 5.75 Å². The standard InChI is InChI=1S/C11H14BrNO2/c12-8-2-3-9-10(6-8)15-5-1-4-11(9,14)7-13/h2-3,6,14H,1,4-5,7,13H2. The lowest BCUT2D eigenvalue weighted by Gasteiger charge is -2.26. The number of nitrogens with two attached hydrogens (primary N) is 1. The van der Waals surface area contributed by atoms with Gasteiger partial charge in [-0.3, -0.25) is 0 Å². The molecule has 4 heteroatoms. The minimum absolute atomic E-state index is 0.227. The molecule has 1 heterocycles. The van der Waals surface area contributed by atoms with Crippen LogP contribution in [0.1, 0.15) is 18.4 Å². The van der Waals surface area contributed by atoms with Crippen LogP contribution in [0.3, 0.4) is 0 Å². The van der Waals surface area contributed by atoms with E-state index in [-0.39, 0.29) is 6.54 Å². The number of hydrogen-bond donors (Lipinski definition) is 2. The predicted octanol–water partition coefficient (Wildman–Crippen LogP) is 1.77. The summed E-state index contributed by atoms with van der Waals surface area (Å²) in [5.74, 6) is 0.731. The Kier molecular flexibility index (Phi) is 3.00. The van der Waals surface area contributed by atoms with Crippen LogP contribution in [0.25, 0.3) is 0 Å². The number of ether oxygens (including phenoxy) is 1. The Balaban J connectivity index is 2.50. The van der Waals surface area contributed by atoms with Crippen LogP contribution in [0.15, 0.2) is 22.7 Å². The van der Waals surface area contributed by atoms with E-state index < -0.39 is 5.60 Å². The molecule has 1 aliphatic rings. The molecular formula is C11H14BrNO2. The quantitative estimate of drug-likeness (QED) is 0.819. The van der Waals surface area contributed by atoms with Crippen LogP contribution in [0.2, 0.25) is 0 Å². The SMILES string of the molecule is NCC1(O)CCCOc2cc(Br)ccc21. The van der Waals surface area contributed by atoms with Crippen molar-refractivity contribution in [3.8, 4) is 5.75 Å². The number of fused-ring (bicyclic) bond motifs is 1. The van der Waals surface area contributed by atoms with Crippen molar-refractivity contribution < 1.29 is 9.84 Å². The first-order chi connectivity index (χ1) is 7.15. The topological polar surface area (TPSA) is 55.5 Å². The molecule has 82 valence electrons. The molecule has 15 heavy (non-hydrogen) atoms. The lowest BCUT2D eigenvalue weighted by Crippen LogP contribution is -2.34. The highest BCUT2D eigenvalue weighted by Crippen LogP contribution is 2.37. The highest BCUT2D eigenvalue weighted by atomic mass is 79.9. The summed E-state index contributed by atoms with van der Waals surface area (Å²) in [7, 11) is 0. The summed E-state index contributed by atoms with van der Waals surface area (Å²) < 4.78 is 6.53. The Bertz CT molecular complexity index is 370. The zero-order valence-corrected chi connectivity index (χ0v) is 9.96. The van der Waals surface area contributed by atoms with Crippen LogP contribution < -0.4 is 10.5 Å². The van der Waals surface area contributed by atoms with Crippen molar-refractivity contribution in [3.63, 3.8) is 0 Å². The summed E-state index contributed by atoms with van der Waals surface area (Å²) in [6.45, 7) is 0.858. The van der Waals surface area contributed by atoms with Crippen molar-refractivity contribution in [2.75, 3.05) is 13.2 Å². The fourth-order valence-corrected chi connectivity index (χ4v) is 2.23. The van der Waals surface area contributed by atoms with Gasteiger partial charge in [-0.2, -0.15) is 0 Å². The van der Waals surface area contributed by atoms with Crippen molar-refractivity contribution in [1.82, 2.24) is 0 Å². The maximum absolute atomic E-state index is 10.4. The first-order valence-corrected chi connectivity index (χ1v) is 5.80. The largest absolute Gasteiger partial charge is 0.493 e. The Morgan fingerprint density at radius 3 is 3.07 bits per heavy atom. The normalized spacial score (nSPS) is 25.3. The number of aliphatic hydroxyl groups is 1. The zero-order chi connectivity index (χ0) is 10.9. The summed E-state index contributed by atoms with van der Waals surface area (Å²) in [5, 5.41) is 10.4. The number of halogens is 1. The van der Waals surface area contributed by atoms with E-state index in [2.05, 4.69) is 15.9 Å². The Morgan fingerprint density at radius 1 is 1.53 bits per heavy atom. The summed E-state index contributed by atoms with van der Waals surface area (Å²) in [4.78, 5) is 0. The molecule has 0 fully saturated rings. The molecule has 1 atom stereocenters. The van der Waals surface area contributed by atoms with Gasteiger partial charge in [-0.15, -0.1) is 0 Å². The first-order valence-electron chi connectivity index (χ1n) is 5.01. The molecule has 0 aromatic heterocycles. The molecule has 3 nitrogen and oxygen atoms in total. The van der Waals surface area contributed by atoms with Gasteiger partial charge in [-0.1, -0.05) is 22.0 Å². The van der Waals surface area contributed by atoms with Gasteiger partial charge in [0.2, 0.25) is 0 Å². The smallest absolute Gasteiger partial charge is 0.126 e. The van der Waals surface area contributed by atoms with Gasteiger partial charge in [0, 0.05) is 16.6 Å². The van der Waals surface area contributed by atoms with Gasteiger partial charge >= 0.3 is 0 Å². The van der Waals surface area contributed by atoms with E-state index in [9.17, 15) is 5.11 Å². The van der Waals surface area contributed by atoms with Crippen molar-refractivity contribution in [3.05, 3.63) is 28.2 Å². The minimum Gasteiger partial charge on any atom is -0.493 e. The molecule has 0 aliphatic carbocycles. The molecule has 0 saturated carbocycles. The number of hydrogen-bond acceptors (Lipinski definition) is 3. The Morgan fingerprint density at radius 2 is 2.33 bits per heavy atom. The van der Waals surface area contributed by atoms with Gasteiger partial charge in [0.05, 0.1) is 6.61 Å². The predicted molar refractivity (Wildman–Crippen MR) is 61.8 cm³/mol. The molecule has 3 N–H and O–H groups in total. The second-order valence-corrected chi connectivity index (χ2v) is 4.74. The molecule has 1 aliphatic heterocycles. The summed E-state index contributed by atoms with van der Waals surface area (Å²) in [6, 6.07) is 5.65. The third-order valence-corrected chi connectivity index (χ3v) is 3.27. The second-order valence-electron chi connectivity index (χ2n) is 3.83. The van der Waals surface area contributed by atoms with Gasteiger partial charge in [-0.05, 0) is 25.0 Å². The molecule has 0 saturated heterocycles. The van der Waals surface area contributed by atoms with Gasteiger partial charge in [0.15, 0.2) is 0 Å². The lowest BCUT2D eigenvalue weighted by atomic mass is 9.89. The monoisotopic (exact) mass is 271 g/mol. The fraction of sp³-hybridized carbons (Fsp3) is 0.455. The van der Waals surface area contributed by atoms with Crippen LogP contribution in [-0.2, 0) is 5.60 Å². The van der Waals surface area contributed by atoms with Gasteiger partial charge in [-0.25, -0.2) is 0 Å². The van der Waals surface area contributed by atoms with Crippen LogP contribution in [0.4, 0.5) is 0 Å². The Hall–Kier alpha value is -0.580. The first kappa shape index (κ1) is 10.9. The molecular weight excluding hydrogens is 258 g/mol. The Labute approximate surface area is 97.4 Å². The van der Waals surface area contributed by atoms with Gasteiger partial charge < -0.3 is 15.6 Å². The molecule has 2 rings (SSSR count). The molecule has 0 spiro atoms. The van der Waals surface area contributed by atoms with Crippen molar-refractivity contribution >= 4 is 15.9 Å². The van der Waals surface area contributed by atoms with Crippen molar-refractivity contribution in [2.24, 2.45) is 5.73 Å². The third-order valence-electron chi connectivity index (χ3n) is 2.77. The molecule has 0 bridgehead atoms. The number of rotatable bonds is 1. The van der Waals surface area contributed by atoms with E-state index in [0.717, 1.165) is 22.2 Å². The molecule has 1 aromatic carbocycles. The average molecular weight is 272 g/mol. The van der Waals surface area contributed by atoms with Gasteiger partial charge in [0.1, 0.15) is 11.4 Å². The minimum atomic E-state index is -0.938. The molecule has 0 amide bonds. The average Bonchev–Trinajstić information content (AvgIpc) is 2.39.